The molecule has 0 saturated carbocycles. The number of nitrogens with zero attached hydrogens (tertiary/aromatic N) is 2. The van der Waals surface area contributed by atoms with Crippen LogP contribution in [0.3, 0.4) is 0 Å². The van der Waals surface area contributed by atoms with Gasteiger partial charge < -0.3 is 5.32 Å². The topological polar surface area (TPSA) is 54.9 Å². The molecule has 1 rings (SSSR count). The van der Waals surface area contributed by atoms with Gasteiger partial charge in [-0.2, -0.15) is 0 Å². The molecule has 1 N–H and O–H groups in total. The predicted molar refractivity (Wildman–Crippen MR) is 75.0 cm³/mol. The number of hydrogen-bond acceptors (Lipinski definition) is 3. The van der Waals surface area contributed by atoms with Gasteiger partial charge in [0.15, 0.2) is 5.82 Å². The molecule has 1 aromatic heterocycles. The first kappa shape index (κ1) is 15.1. The first-order chi connectivity index (χ1) is 8.10. The summed E-state index contributed by atoms with van der Waals surface area (Å²) in [5, 5.41) is 2.97. The summed E-state index contributed by atoms with van der Waals surface area (Å²) in [7, 11) is 0. The molecule has 18 heavy (non-hydrogen) atoms. The van der Waals surface area contributed by atoms with Gasteiger partial charge in [-0.05, 0) is 35.2 Å². The molecule has 1 heterocycles. The van der Waals surface area contributed by atoms with Gasteiger partial charge in [0.2, 0.25) is 5.91 Å². The van der Waals surface area contributed by atoms with E-state index < -0.39 is 5.54 Å². The van der Waals surface area contributed by atoms with Crippen LogP contribution in [0.15, 0.2) is 16.9 Å². The summed E-state index contributed by atoms with van der Waals surface area (Å²) in [6.07, 6.45) is 3.84. The smallest absolute Gasteiger partial charge is 0.221 e. The van der Waals surface area contributed by atoms with Crippen molar-refractivity contribution in [3.8, 4) is 0 Å². The van der Waals surface area contributed by atoms with Crippen LogP contribution in [0, 0.1) is 5.41 Å². The van der Waals surface area contributed by atoms with Gasteiger partial charge >= 0.3 is 0 Å². The Morgan fingerprint density at radius 2 is 1.72 bits per heavy atom. The number of carbonyl (C=O) groups excluding carboxylic acids is 1. The zero-order valence-electron chi connectivity index (χ0n) is 11.5. The fourth-order valence-corrected chi connectivity index (χ4v) is 1.77. The van der Waals surface area contributed by atoms with E-state index in [1.54, 1.807) is 12.4 Å². The molecule has 0 radical (unpaired) electrons. The first-order valence-electron chi connectivity index (χ1n) is 5.89. The third-order valence-corrected chi connectivity index (χ3v) is 2.73. The normalized spacial score (nSPS) is 12.3. The van der Waals surface area contributed by atoms with Gasteiger partial charge in [0.25, 0.3) is 0 Å². The average Bonchev–Trinajstić information content (AvgIpc) is 2.13. The van der Waals surface area contributed by atoms with Crippen LogP contribution in [0.5, 0.6) is 0 Å². The van der Waals surface area contributed by atoms with Gasteiger partial charge in [0, 0.05) is 18.8 Å². The zero-order valence-corrected chi connectivity index (χ0v) is 13.1. The average molecular weight is 314 g/mol. The van der Waals surface area contributed by atoms with Crippen molar-refractivity contribution in [2.24, 2.45) is 5.41 Å². The molecule has 1 amide bonds. The van der Waals surface area contributed by atoms with Gasteiger partial charge in [-0.25, -0.2) is 9.97 Å². The number of aromatic nitrogens is 2. The summed E-state index contributed by atoms with van der Waals surface area (Å²) in [5.41, 5.74) is -0.593. The lowest BCUT2D eigenvalue weighted by molar-refractivity contribution is -0.124. The minimum absolute atomic E-state index is 0.0130. The number of halogens is 1. The summed E-state index contributed by atoms with van der Waals surface area (Å²) in [6.45, 7) is 9.91. The second-order valence-corrected chi connectivity index (χ2v) is 7.05. The number of hydrogen-bond donors (Lipinski definition) is 1. The summed E-state index contributed by atoms with van der Waals surface area (Å²) in [5.74, 6) is 0.618. The Bertz CT molecular complexity index is 421. The largest absolute Gasteiger partial charge is 0.344 e. The van der Waals surface area contributed by atoms with Crippen molar-refractivity contribution in [3.05, 3.63) is 22.7 Å². The SMILES string of the molecule is CC(C)(C)CC(=O)NC(C)(C)c1ncc(Br)cn1. The highest BCUT2D eigenvalue weighted by Gasteiger charge is 2.27. The summed E-state index contributed by atoms with van der Waals surface area (Å²) in [6, 6.07) is 0. The maximum absolute atomic E-state index is 11.9. The summed E-state index contributed by atoms with van der Waals surface area (Å²) >= 11 is 3.29. The maximum atomic E-state index is 11.9. The molecule has 1 aromatic rings. The van der Waals surface area contributed by atoms with Crippen molar-refractivity contribution in [3.63, 3.8) is 0 Å². The lowest BCUT2D eigenvalue weighted by Crippen LogP contribution is -2.43. The monoisotopic (exact) mass is 313 g/mol. The Hall–Kier alpha value is -0.970. The molecule has 0 saturated heterocycles. The fourth-order valence-electron chi connectivity index (χ4n) is 1.57. The van der Waals surface area contributed by atoms with E-state index >= 15 is 0 Å². The minimum atomic E-state index is -0.566. The standard InChI is InChI=1S/C13H20BrN3O/c1-12(2,3)6-10(18)17-13(4,5)11-15-7-9(14)8-16-11/h7-8H,6H2,1-5H3,(H,17,18). The highest BCUT2D eigenvalue weighted by Crippen LogP contribution is 2.21. The Balaban J connectivity index is 2.75. The number of carbonyl (C=O) groups is 1. The second kappa shape index (κ2) is 5.34. The highest BCUT2D eigenvalue weighted by molar-refractivity contribution is 9.10. The van der Waals surface area contributed by atoms with Gasteiger partial charge in [0.05, 0.1) is 10.0 Å². The Labute approximate surface area is 117 Å². The Kier molecular flexibility index (Phi) is 4.48. The summed E-state index contributed by atoms with van der Waals surface area (Å²) in [4.78, 5) is 20.4. The van der Waals surface area contributed by atoms with E-state index in [4.69, 9.17) is 0 Å². The van der Waals surface area contributed by atoms with Crippen LogP contribution < -0.4 is 5.32 Å². The van der Waals surface area contributed by atoms with Gasteiger partial charge in [-0.15, -0.1) is 0 Å². The molecule has 5 heteroatoms. The van der Waals surface area contributed by atoms with Crippen LogP contribution in [0.25, 0.3) is 0 Å². The molecule has 0 aromatic carbocycles. The van der Waals surface area contributed by atoms with E-state index in [1.165, 1.54) is 0 Å². The van der Waals surface area contributed by atoms with E-state index in [0.29, 0.717) is 12.2 Å². The van der Waals surface area contributed by atoms with Crippen LogP contribution in [0.2, 0.25) is 0 Å². The third-order valence-electron chi connectivity index (χ3n) is 2.32. The van der Waals surface area contributed by atoms with E-state index in [1.807, 2.05) is 34.6 Å². The minimum Gasteiger partial charge on any atom is -0.344 e. The molecular formula is C13H20BrN3O. The molecule has 0 fully saturated rings. The van der Waals surface area contributed by atoms with Gasteiger partial charge in [-0.3, -0.25) is 4.79 Å². The van der Waals surface area contributed by atoms with Crippen LogP contribution in [-0.4, -0.2) is 15.9 Å². The predicted octanol–water partition coefficient (Wildman–Crippen LogP) is 3.03. The maximum Gasteiger partial charge on any atom is 0.221 e. The van der Waals surface area contributed by atoms with E-state index in [2.05, 4.69) is 31.2 Å². The highest BCUT2D eigenvalue weighted by atomic mass is 79.9. The Morgan fingerprint density at radius 3 is 2.17 bits per heavy atom. The second-order valence-electron chi connectivity index (χ2n) is 6.14. The van der Waals surface area contributed by atoms with Crippen LogP contribution >= 0.6 is 15.9 Å². The van der Waals surface area contributed by atoms with Crippen molar-refractivity contribution in [1.29, 1.82) is 0 Å². The number of amides is 1. The lowest BCUT2D eigenvalue weighted by Gasteiger charge is -2.27. The van der Waals surface area contributed by atoms with E-state index in [9.17, 15) is 4.79 Å². The lowest BCUT2D eigenvalue weighted by atomic mass is 9.91. The molecule has 0 aliphatic rings. The molecule has 0 atom stereocenters. The molecule has 0 spiro atoms. The molecule has 4 nitrogen and oxygen atoms in total. The van der Waals surface area contributed by atoms with Crippen LogP contribution in [-0.2, 0) is 10.3 Å². The Morgan fingerprint density at radius 1 is 1.22 bits per heavy atom. The van der Waals surface area contributed by atoms with E-state index in [-0.39, 0.29) is 11.3 Å². The molecule has 100 valence electrons. The number of nitrogens with one attached hydrogen (secondary N) is 1. The summed E-state index contributed by atoms with van der Waals surface area (Å²) < 4.78 is 0.822. The first-order valence-corrected chi connectivity index (χ1v) is 6.68. The van der Waals surface area contributed by atoms with Crippen molar-refractivity contribution in [2.75, 3.05) is 0 Å². The van der Waals surface area contributed by atoms with Gasteiger partial charge in [-0.1, -0.05) is 20.8 Å². The molecule has 0 bridgehead atoms. The van der Waals surface area contributed by atoms with Crippen molar-refractivity contribution >= 4 is 21.8 Å². The third kappa shape index (κ3) is 4.72. The van der Waals surface area contributed by atoms with Crippen molar-refractivity contribution in [1.82, 2.24) is 15.3 Å². The van der Waals surface area contributed by atoms with Crippen LogP contribution in [0.4, 0.5) is 0 Å². The van der Waals surface area contributed by atoms with Crippen LogP contribution in [0.1, 0.15) is 46.9 Å². The quantitative estimate of drug-likeness (QED) is 0.933. The molecule has 0 aliphatic carbocycles. The molecule has 0 unspecified atom stereocenters. The number of rotatable bonds is 3. The van der Waals surface area contributed by atoms with E-state index in [0.717, 1.165) is 4.47 Å². The van der Waals surface area contributed by atoms with Crippen molar-refractivity contribution < 1.29 is 4.79 Å². The van der Waals surface area contributed by atoms with Gasteiger partial charge in [0.1, 0.15) is 0 Å². The zero-order chi connectivity index (χ0) is 14.0. The van der Waals surface area contributed by atoms with Crippen molar-refractivity contribution in [2.45, 2.75) is 46.6 Å². The molecule has 0 aliphatic heterocycles. The molecular weight excluding hydrogens is 294 g/mol. The fraction of sp³-hybridized carbons (Fsp3) is 0.615.